The van der Waals surface area contributed by atoms with Crippen LogP contribution < -0.4 is 10.6 Å². The highest BCUT2D eigenvalue weighted by atomic mass is 16.5. The van der Waals surface area contributed by atoms with E-state index in [4.69, 9.17) is 4.74 Å². The van der Waals surface area contributed by atoms with Crippen LogP contribution >= 0.6 is 0 Å². The first-order chi connectivity index (χ1) is 16.2. The maximum atomic E-state index is 13.5. The van der Waals surface area contributed by atoms with Crippen molar-refractivity contribution in [3.63, 3.8) is 0 Å². The summed E-state index contributed by atoms with van der Waals surface area (Å²) in [6, 6.07) is 16.6. The van der Waals surface area contributed by atoms with Crippen molar-refractivity contribution in [2.45, 2.75) is 68.7 Å². The van der Waals surface area contributed by atoms with Gasteiger partial charge in [-0.3, -0.25) is 9.59 Å². The second kappa shape index (κ2) is 9.68. The quantitative estimate of drug-likeness (QED) is 0.729. The molecule has 5 heteroatoms. The second-order valence-corrected chi connectivity index (χ2v) is 9.89. The van der Waals surface area contributed by atoms with Crippen molar-refractivity contribution >= 4 is 11.8 Å². The molecule has 174 valence electrons. The Morgan fingerprint density at radius 2 is 1.36 bits per heavy atom. The van der Waals surface area contributed by atoms with E-state index in [-0.39, 0.29) is 23.7 Å². The minimum Gasteiger partial charge on any atom is -0.381 e. The first-order valence-electron chi connectivity index (χ1n) is 12.5. The van der Waals surface area contributed by atoms with Crippen LogP contribution in [0.5, 0.6) is 0 Å². The van der Waals surface area contributed by atoms with Crippen molar-refractivity contribution in [1.29, 1.82) is 0 Å². The maximum Gasteiger partial charge on any atom is 0.228 e. The van der Waals surface area contributed by atoms with Gasteiger partial charge in [0.2, 0.25) is 11.8 Å². The number of carbonyl (C=O) groups excluding carboxylic acids is 2. The predicted molar refractivity (Wildman–Crippen MR) is 128 cm³/mol. The molecule has 2 atom stereocenters. The smallest absolute Gasteiger partial charge is 0.228 e. The fourth-order valence-corrected chi connectivity index (χ4v) is 5.89. The van der Waals surface area contributed by atoms with E-state index in [1.807, 2.05) is 12.1 Å². The predicted octanol–water partition coefficient (Wildman–Crippen LogP) is 4.01. The molecule has 1 fully saturated rings. The monoisotopic (exact) mass is 446 g/mol. The van der Waals surface area contributed by atoms with Crippen molar-refractivity contribution in [1.82, 2.24) is 10.6 Å². The number of benzene rings is 2. The Morgan fingerprint density at radius 3 is 1.97 bits per heavy atom. The Labute approximate surface area is 196 Å². The van der Waals surface area contributed by atoms with Crippen LogP contribution in [0.25, 0.3) is 0 Å². The molecule has 2 amide bonds. The van der Waals surface area contributed by atoms with E-state index in [1.54, 1.807) is 0 Å². The van der Waals surface area contributed by atoms with E-state index in [2.05, 4.69) is 47.0 Å². The lowest BCUT2D eigenvalue weighted by molar-refractivity contribution is -0.128. The van der Waals surface area contributed by atoms with Gasteiger partial charge in [-0.05, 0) is 73.6 Å². The van der Waals surface area contributed by atoms with Gasteiger partial charge >= 0.3 is 0 Å². The molecule has 2 aliphatic carbocycles. The van der Waals surface area contributed by atoms with Crippen LogP contribution in [0.2, 0.25) is 0 Å². The summed E-state index contributed by atoms with van der Waals surface area (Å²) in [5, 5.41) is 6.61. The summed E-state index contributed by atoms with van der Waals surface area (Å²) in [6.45, 7) is 1.65. The van der Waals surface area contributed by atoms with Gasteiger partial charge in [-0.1, -0.05) is 48.5 Å². The van der Waals surface area contributed by atoms with Crippen LogP contribution in [-0.4, -0.2) is 37.1 Å². The van der Waals surface area contributed by atoms with E-state index in [9.17, 15) is 9.59 Å². The Morgan fingerprint density at radius 1 is 0.818 bits per heavy atom. The topological polar surface area (TPSA) is 67.4 Å². The van der Waals surface area contributed by atoms with E-state index in [0.29, 0.717) is 32.6 Å². The third kappa shape index (κ3) is 4.70. The molecule has 0 radical (unpaired) electrons. The number of nitrogens with one attached hydrogen (secondary N) is 2. The van der Waals surface area contributed by atoms with Gasteiger partial charge in [-0.2, -0.15) is 0 Å². The molecule has 2 unspecified atom stereocenters. The van der Waals surface area contributed by atoms with Gasteiger partial charge in [0, 0.05) is 19.8 Å². The third-order valence-electron chi connectivity index (χ3n) is 7.81. The minimum atomic E-state index is -0.453. The van der Waals surface area contributed by atoms with Crippen LogP contribution in [0.15, 0.2) is 48.5 Å². The van der Waals surface area contributed by atoms with Crippen LogP contribution in [-0.2, 0) is 27.2 Å². The summed E-state index contributed by atoms with van der Waals surface area (Å²) in [6.07, 6.45) is 7.33. The fourth-order valence-electron chi connectivity index (χ4n) is 5.89. The largest absolute Gasteiger partial charge is 0.381 e. The summed E-state index contributed by atoms with van der Waals surface area (Å²) in [5.41, 5.74) is 4.44. The molecule has 0 spiro atoms. The first-order valence-corrected chi connectivity index (χ1v) is 12.5. The van der Waals surface area contributed by atoms with Gasteiger partial charge in [-0.25, -0.2) is 0 Å². The van der Waals surface area contributed by atoms with Gasteiger partial charge in [-0.15, -0.1) is 0 Å². The molecule has 2 N–H and O–H groups in total. The SMILES string of the molecule is O=C(NCC1(NC(=O)C2CCCc3ccccc32)CCOCC1)C1CCCc2ccccc21. The van der Waals surface area contributed by atoms with Crippen molar-refractivity contribution < 1.29 is 14.3 Å². The summed E-state index contributed by atoms with van der Waals surface area (Å²) < 4.78 is 5.61. The standard InChI is InChI=1S/C28H34N2O3/c31-26(24-13-5-9-20-7-1-3-11-22(20)24)29-19-28(15-17-33-18-16-28)30-27(32)25-14-6-10-21-8-2-4-12-23(21)25/h1-4,7-8,11-12,24-25H,5-6,9-10,13-19H2,(H,29,31)(H,30,32). The lowest BCUT2D eigenvalue weighted by Gasteiger charge is -2.40. The molecular weight excluding hydrogens is 412 g/mol. The Hall–Kier alpha value is -2.66. The second-order valence-electron chi connectivity index (χ2n) is 9.89. The highest BCUT2D eigenvalue weighted by Gasteiger charge is 2.38. The highest BCUT2D eigenvalue weighted by Crippen LogP contribution is 2.34. The molecular formula is C28H34N2O3. The summed E-state index contributed by atoms with van der Waals surface area (Å²) >= 11 is 0. The molecule has 1 saturated heterocycles. The first kappa shape index (κ1) is 22.1. The van der Waals surface area contributed by atoms with Crippen molar-refractivity contribution in [3.05, 3.63) is 70.8 Å². The van der Waals surface area contributed by atoms with Crippen molar-refractivity contribution in [2.24, 2.45) is 0 Å². The van der Waals surface area contributed by atoms with Crippen molar-refractivity contribution in [2.75, 3.05) is 19.8 Å². The number of rotatable bonds is 5. The van der Waals surface area contributed by atoms with E-state index in [0.717, 1.165) is 49.7 Å². The molecule has 0 aromatic heterocycles. The number of amides is 2. The number of carbonyl (C=O) groups is 2. The Bertz CT molecular complexity index is 1010. The van der Waals surface area contributed by atoms with E-state index >= 15 is 0 Å². The van der Waals surface area contributed by atoms with Crippen molar-refractivity contribution in [3.8, 4) is 0 Å². The van der Waals surface area contributed by atoms with Gasteiger partial charge in [0.05, 0.1) is 17.4 Å². The van der Waals surface area contributed by atoms with Crippen LogP contribution in [0, 0.1) is 0 Å². The third-order valence-corrected chi connectivity index (χ3v) is 7.81. The highest BCUT2D eigenvalue weighted by molar-refractivity contribution is 5.86. The van der Waals surface area contributed by atoms with Crippen LogP contribution in [0.3, 0.4) is 0 Å². The number of hydrogen-bond donors (Lipinski definition) is 2. The molecule has 1 aliphatic heterocycles. The normalized spacial score (nSPS) is 23.6. The summed E-state index contributed by atoms with van der Waals surface area (Å²) in [5.74, 6) is -0.0602. The van der Waals surface area contributed by atoms with Crippen LogP contribution in [0.4, 0.5) is 0 Å². The van der Waals surface area contributed by atoms with E-state index in [1.165, 1.54) is 11.1 Å². The number of fused-ring (bicyclic) bond motifs is 2. The maximum absolute atomic E-state index is 13.5. The molecule has 2 aromatic carbocycles. The van der Waals surface area contributed by atoms with Crippen LogP contribution in [0.1, 0.15) is 72.6 Å². The molecule has 1 heterocycles. The average molecular weight is 447 g/mol. The molecule has 0 bridgehead atoms. The van der Waals surface area contributed by atoms with Gasteiger partial charge in [0.25, 0.3) is 0 Å². The number of ether oxygens (including phenoxy) is 1. The molecule has 5 nitrogen and oxygen atoms in total. The Kier molecular flexibility index (Phi) is 6.50. The lowest BCUT2D eigenvalue weighted by atomic mass is 9.80. The van der Waals surface area contributed by atoms with Gasteiger partial charge in [0.1, 0.15) is 0 Å². The molecule has 2 aromatic rings. The summed E-state index contributed by atoms with van der Waals surface area (Å²) in [4.78, 5) is 26.7. The molecule has 5 rings (SSSR count). The number of aryl methyl sites for hydroxylation is 2. The zero-order valence-electron chi connectivity index (χ0n) is 19.3. The molecule has 33 heavy (non-hydrogen) atoms. The number of hydrogen-bond acceptors (Lipinski definition) is 3. The van der Waals surface area contributed by atoms with E-state index < -0.39 is 5.54 Å². The fraction of sp³-hybridized carbons (Fsp3) is 0.500. The summed E-state index contributed by atoms with van der Waals surface area (Å²) in [7, 11) is 0. The zero-order chi connectivity index (χ0) is 22.7. The minimum absolute atomic E-state index is 0.0743. The molecule has 3 aliphatic rings. The van der Waals surface area contributed by atoms with Gasteiger partial charge < -0.3 is 15.4 Å². The molecule has 0 saturated carbocycles. The Balaban J connectivity index is 1.29. The zero-order valence-corrected chi connectivity index (χ0v) is 19.3. The average Bonchev–Trinajstić information content (AvgIpc) is 2.87. The lowest BCUT2D eigenvalue weighted by Crippen LogP contribution is -2.59. The van der Waals surface area contributed by atoms with Gasteiger partial charge in [0.15, 0.2) is 0 Å².